The van der Waals surface area contributed by atoms with E-state index in [-0.39, 0.29) is 24.3 Å². The van der Waals surface area contributed by atoms with Crippen LogP contribution in [0.1, 0.15) is 24.5 Å². The quantitative estimate of drug-likeness (QED) is 0.729. The number of ether oxygens (including phenoxy) is 1. The van der Waals surface area contributed by atoms with E-state index >= 15 is 0 Å². The molecule has 0 saturated heterocycles. The maximum Gasteiger partial charge on any atom is 0.258 e. The first-order valence-corrected chi connectivity index (χ1v) is 8.68. The first-order valence-electron chi connectivity index (χ1n) is 8.68. The van der Waals surface area contributed by atoms with Crippen molar-refractivity contribution in [2.24, 2.45) is 0 Å². The first kappa shape index (κ1) is 18.4. The summed E-state index contributed by atoms with van der Waals surface area (Å²) >= 11 is 0. The van der Waals surface area contributed by atoms with Crippen molar-refractivity contribution < 1.29 is 19.1 Å². The van der Waals surface area contributed by atoms with Gasteiger partial charge in [0.05, 0.1) is 0 Å². The van der Waals surface area contributed by atoms with Crippen molar-refractivity contribution in [2.45, 2.75) is 26.3 Å². The molecule has 1 aliphatic heterocycles. The maximum atomic E-state index is 12.0. The molecule has 0 aliphatic carbocycles. The topological polar surface area (TPSA) is 96.5 Å². The van der Waals surface area contributed by atoms with Crippen molar-refractivity contribution in [1.82, 2.24) is 5.32 Å². The lowest BCUT2D eigenvalue weighted by atomic mass is 10.0. The highest BCUT2D eigenvalue weighted by atomic mass is 16.5. The Kier molecular flexibility index (Phi) is 5.71. The fraction of sp³-hybridized carbons (Fsp3) is 0.250. The zero-order valence-corrected chi connectivity index (χ0v) is 15.0. The number of carbonyl (C=O) groups excluding carboxylic acids is 3. The lowest BCUT2D eigenvalue weighted by Gasteiger charge is -2.17. The van der Waals surface area contributed by atoms with E-state index in [1.54, 1.807) is 24.3 Å². The molecule has 0 aromatic heterocycles. The van der Waals surface area contributed by atoms with E-state index in [9.17, 15) is 14.4 Å². The van der Waals surface area contributed by atoms with Crippen molar-refractivity contribution in [1.29, 1.82) is 0 Å². The van der Waals surface area contributed by atoms with E-state index < -0.39 is 0 Å². The highest BCUT2D eigenvalue weighted by molar-refractivity contribution is 5.94. The summed E-state index contributed by atoms with van der Waals surface area (Å²) in [6.07, 6.45) is 1.11. The standard InChI is InChI=1S/C20H21N3O4/c1-13(24)22-16-4-2-3-14(9-16)11-21-20(26)12-27-17-6-7-18-15(10-17)5-8-19(25)23-18/h2-4,6-7,9-10H,5,8,11-12H2,1H3,(H,21,26)(H,22,24)(H,23,25). The van der Waals surface area contributed by atoms with E-state index in [4.69, 9.17) is 4.74 Å². The SMILES string of the molecule is CC(=O)Nc1cccc(CNC(=O)COc2ccc3c(c2)CCC(=O)N3)c1. The maximum absolute atomic E-state index is 12.0. The lowest BCUT2D eigenvalue weighted by Crippen LogP contribution is -2.28. The van der Waals surface area contributed by atoms with Crippen molar-refractivity contribution in [3.63, 3.8) is 0 Å². The number of hydrogen-bond acceptors (Lipinski definition) is 4. The minimum Gasteiger partial charge on any atom is -0.484 e. The molecule has 0 fully saturated rings. The minimum atomic E-state index is -0.244. The van der Waals surface area contributed by atoms with Crippen LogP contribution < -0.4 is 20.7 Å². The second kappa shape index (κ2) is 8.35. The van der Waals surface area contributed by atoms with Gasteiger partial charge >= 0.3 is 0 Å². The van der Waals surface area contributed by atoms with Crippen LogP contribution >= 0.6 is 0 Å². The lowest BCUT2D eigenvalue weighted by molar-refractivity contribution is -0.123. The smallest absolute Gasteiger partial charge is 0.258 e. The Bertz CT molecular complexity index is 879. The molecule has 1 aliphatic rings. The van der Waals surface area contributed by atoms with E-state index in [2.05, 4.69) is 16.0 Å². The van der Waals surface area contributed by atoms with E-state index in [1.165, 1.54) is 6.92 Å². The summed E-state index contributed by atoms with van der Waals surface area (Å²) in [6, 6.07) is 12.6. The zero-order valence-electron chi connectivity index (χ0n) is 15.0. The monoisotopic (exact) mass is 367 g/mol. The molecule has 3 rings (SSSR count). The summed E-state index contributed by atoms with van der Waals surface area (Å²) in [7, 11) is 0. The van der Waals surface area contributed by atoms with Crippen LogP contribution in [0.2, 0.25) is 0 Å². The highest BCUT2D eigenvalue weighted by Crippen LogP contribution is 2.26. The molecule has 0 bridgehead atoms. The van der Waals surface area contributed by atoms with E-state index in [1.807, 2.05) is 18.2 Å². The molecule has 2 aromatic rings. The van der Waals surface area contributed by atoms with Crippen molar-refractivity contribution in [3.05, 3.63) is 53.6 Å². The fourth-order valence-corrected chi connectivity index (χ4v) is 2.81. The molecule has 7 nitrogen and oxygen atoms in total. The van der Waals surface area contributed by atoms with Gasteiger partial charge in [-0.15, -0.1) is 0 Å². The van der Waals surface area contributed by atoms with Crippen LogP contribution in [0.3, 0.4) is 0 Å². The van der Waals surface area contributed by atoms with Crippen molar-refractivity contribution in [3.8, 4) is 5.75 Å². The number of amides is 3. The molecule has 7 heteroatoms. The van der Waals surface area contributed by atoms with Gasteiger partial charge in [-0.3, -0.25) is 14.4 Å². The third-order valence-corrected chi connectivity index (χ3v) is 4.08. The van der Waals surface area contributed by atoms with Gasteiger partial charge in [-0.25, -0.2) is 0 Å². The number of rotatable bonds is 6. The summed E-state index contributed by atoms with van der Waals surface area (Å²) in [5.74, 6) is 0.214. The second-order valence-electron chi connectivity index (χ2n) is 6.31. The fourth-order valence-electron chi connectivity index (χ4n) is 2.81. The molecule has 140 valence electrons. The van der Waals surface area contributed by atoms with Crippen molar-refractivity contribution in [2.75, 3.05) is 17.2 Å². The number of hydrogen-bond donors (Lipinski definition) is 3. The molecule has 0 unspecified atom stereocenters. The number of carbonyl (C=O) groups is 3. The Morgan fingerprint density at radius 2 is 2.00 bits per heavy atom. The molecule has 0 spiro atoms. The average Bonchev–Trinajstić information content (AvgIpc) is 2.64. The number of aryl methyl sites for hydroxylation is 1. The van der Waals surface area contributed by atoms with Gasteiger partial charge in [-0.2, -0.15) is 0 Å². The molecule has 0 saturated carbocycles. The van der Waals surface area contributed by atoms with Gasteiger partial charge in [-0.1, -0.05) is 12.1 Å². The van der Waals surface area contributed by atoms with Gasteiger partial charge in [0.2, 0.25) is 11.8 Å². The van der Waals surface area contributed by atoms with Gasteiger partial charge in [0.25, 0.3) is 5.91 Å². The number of fused-ring (bicyclic) bond motifs is 1. The van der Waals surface area contributed by atoms with Crippen LogP contribution in [0.5, 0.6) is 5.75 Å². The van der Waals surface area contributed by atoms with E-state index in [0.29, 0.717) is 30.8 Å². The van der Waals surface area contributed by atoms with Crippen LogP contribution in [-0.2, 0) is 27.3 Å². The highest BCUT2D eigenvalue weighted by Gasteiger charge is 2.15. The summed E-state index contributed by atoms with van der Waals surface area (Å²) in [5, 5.41) is 8.30. The van der Waals surface area contributed by atoms with E-state index in [0.717, 1.165) is 16.8 Å². The Hall–Kier alpha value is -3.35. The predicted octanol–water partition coefficient (Wildman–Crippen LogP) is 2.22. The summed E-state index contributed by atoms with van der Waals surface area (Å²) in [4.78, 5) is 34.5. The summed E-state index contributed by atoms with van der Waals surface area (Å²) in [6.45, 7) is 1.68. The minimum absolute atomic E-state index is 0.0121. The Morgan fingerprint density at radius 1 is 1.15 bits per heavy atom. The van der Waals surface area contributed by atoms with Gasteiger partial charge in [-0.05, 0) is 47.9 Å². The largest absolute Gasteiger partial charge is 0.484 e. The zero-order chi connectivity index (χ0) is 19.2. The van der Waals surface area contributed by atoms with Gasteiger partial charge in [0, 0.05) is 31.3 Å². The average molecular weight is 367 g/mol. The summed E-state index contributed by atoms with van der Waals surface area (Å²) in [5.41, 5.74) is 3.36. The van der Waals surface area contributed by atoms with Crippen LogP contribution in [0.4, 0.5) is 11.4 Å². The third-order valence-electron chi connectivity index (χ3n) is 4.08. The van der Waals surface area contributed by atoms with Gasteiger partial charge < -0.3 is 20.7 Å². The van der Waals surface area contributed by atoms with Crippen LogP contribution in [0.15, 0.2) is 42.5 Å². The number of nitrogens with one attached hydrogen (secondary N) is 3. The Balaban J connectivity index is 1.49. The first-order chi connectivity index (χ1) is 13.0. The van der Waals surface area contributed by atoms with Crippen LogP contribution in [0, 0.1) is 0 Å². The third kappa shape index (κ3) is 5.31. The molecular formula is C20H21N3O4. The molecule has 27 heavy (non-hydrogen) atoms. The second-order valence-corrected chi connectivity index (χ2v) is 6.31. The van der Waals surface area contributed by atoms with Crippen molar-refractivity contribution >= 4 is 29.1 Å². The predicted molar refractivity (Wildman–Crippen MR) is 101 cm³/mol. The molecule has 2 aromatic carbocycles. The summed E-state index contributed by atoms with van der Waals surface area (Å²) < 4.78 is 5.54. The molecule has 3 N–H and O–H groups in total. The Labute approximate surface area is 157 Å². The molecule has 0 atom stereocenters. The molecule has 1 heterocycles. The number of benzene rings is 2. The Morgan fingerprint density at radius 3 is 2.81 bits per heavy atom. The molecule has 3 amide bonds. The van der Waals surface area contributed by atoms with Gasteiger partial charge in [0.15, 0.2) is 6.61 Å². The van der Waals surface area contributed by atoms with Crippen LogP contribution in [0.25, 0.3) is 0 Å². The normalized spacial score (nSPS) is 12.6. The molecular weight excluding hydrogens is 346 g/mol. The number of anilines is 2. The van der Waals surface area contributed by atoms with Crippen LogP contribution in [-0.4, -0.2) is 24.3 Å². The van der Waals surface area contributed by atoms with Gasteiger partial charge in [0.1, 0.15) is 5.75 Å². The molecule has 0 radical (unpaired) electrons.